The Kier molecular flexibility index (Phi) is 5.50. The van der Waals surface area contributed by atoms with Gasteiger partial charge in [0.1, 0.15) is 0 Å². The second kappa shape index (κ2) is 7.90. The lowest BCUT2D eigenvalue weighted by atomic mass is 9.74. The van der Waals surface area contributed by atoms with Crippen LogP contribution in [-0.4, -0.2) is 33.0 Å². The lowest BCUT2D eigenvalue weighted by molar-refractivity contribution is -0.125. The highest BCUT2D eigenvalue weighted by atomic mass is 32.2. The molecule has 0 spiro atoms. The summed E-state index contributed by atoms with van der Waals surface area (Å²) in [5.74, 6) is 2.99. The lowest BCUT2D eigenvalue weighted by Crippen LogP contribution is -2.43. The highest BCUT2D eigenvalue weighted by molar-refractivity contribution is 7.99. The number of aryl methyl sites for hydroxylation is 2. The summed E-state index contributed by atoms with van der Waals surface area (Å²) < 4.78 is 1.75. The molecular formula is C22H29N3O2S. The van der Waals surface area contributed by atoms with Crippen LogP contribution in [0, 0.1) is 18.8 Å². The van der Waals surface area contributed by atoms with Crippen molar-refractivity contribution >= 4 is 28.6 Å². The minimum atomic E-state index is 0.0779. The fourth-order valence-corrected chi connectivity index (χ4v) is 5.92. The monoisotopic (exact) mass is 399 g/mol. The first-order chi connectivity index (χ1) is 13.4. The molecular weight excluding hydrogens is 370 g/mol. The summed E-state index contributed by atoms with van der Waals surface area (Å²) in [7, 11) is 1.85. The molecule has 1 saturated carbocycles. The van der Waals surface area contributed by atoms with Crippen molar-refractivity contribution in [1.29, 1.82) is 0 Å². The fraction of sp³-hybridized carbons (Fsp3) is 0.591. The lowest BCUT2D eigenvalue weighted by Gasteiger charge is -2.35. The fourth-order valence-electron chi connectivity index (χ4n) is 4.70. The molecule has 2 fully saturated rings. The topological polar surface area (TPSA) is 64.0 Å². The maximum Gasteiger partial charge on any atom is 0.254 e. The van der Waals surface area contributed by atoms with Crippen molar-refractivity contribution in [3.8, 4) is 0 Å². The van der Waals surface area contributed by atoms with Gasteiger partial charge in [-0.1, -0.05) is 6.92 Å². The molecule has 0 aromatic carbocycles. The molecule has 0 radical (unpaired) electrons. The summed E-state index contributed by atoms with van der Waals surface area (Å²) in [5, 5.41) is 4.29. The molecule has 6 heteroatoms. The van der Waals surface area contributed by atoms with E-state index in [1.165, 1.54) is 0 Å². The molecule has 2 aromatic rings. The van der Waals surface area contributed by atoms with Crippen LogP contribution in [0.5, 0.6) is 0 Å². The van der Waals surface area contributed by atoms with Crippen molar-refractivity contribution in [3.63, 3.8) is 0 Å². The summed E-state index contributed by atoms with van der Waals surface area (Å²) in [6, 6.07) is 4.16. The van der Waals surface area contributed by atoms with Gasteiger partial charge in [0.15, 0.2) is 0 Å². The van der Waals surface area contributed by atoms with Crippen LogP contribution in [0.25, 0.3) is 10.9 Å². The number of nitrogens with one attached hydrogen (secondary N) is 1. The van der Waals surface area contributed by atoms with Crippen molar-refractivity contribution in [2.75, 3.05) is 11.5 Å². The number of fused-ring (bicyclic) bond motifs is 1. The van der Waals surface area contributed by atoms with E-state index in [4.69, 9.17) is 0 Å². The van der Waals surface area contributed by atoms with Gasteiger partial charge in [-0.25, -0.2) is 0 Å². The van der Waals surface area contributed by atoms with Crippen LogP contribution in [-0.2, 0) is 11.8 Å². The SMILES string of the molecule is Cc1cc2c(cn1)cc(C1CC(NC(=O)C3CCSC3)CCC1C)c(=O)n2C. The Morgan fingerprint density at radius 1 is 1.29 bits per heavy atom. The van der Waals surface area contributed by atoms with Gasteiger partial charge in [-0.05, 0) is 62.3 Å². The van der Waals surface area contributed by atoms with E-state index in [-0.39, 0.29) is 29.3 Å². The van der Waals surface area contributed by atoms with Gasteiger partial charge in [0.05, 0.1) is 5.52 Å². The first kappa shape index (κ1) is 19.5. The van der Waals surface area contributed by atoms with Crippen molar-refractivity contribution in [1.82, 2.24) is 14.9 Å². The maximum atomic E-state index is 13.1. The second-order valence-electron chi connectivity index (χ2n) is 8.51. The zero-order valence-electron chi connectivity index (χ0n) is 16.9. The number of pyridine rings is 2. The quantitative estimate of drug-likeness (QED) is 0.859. The summed E-state index contributed by atoms with van der Waals surface area (Å²) in [4.78, 5) is 30.1. The largest absolute Gasteiger partial charge is 0.353 e. The summed E-state index contributed by atoms with van der Waals surface area (Å²) in [6.45, 7) is 4.17. The molecule has 4 atom stereocenters. The van der Waals surface area contributed by atoms with Crippen LogP contribution < -0.4 is 10.9 Å². The van der Waals surface area contributed by atoms with E-state index in [1.54, 1.807) is 4.57 Å². The molecule has 4 unspecified atom stereocenters. The zero-order chi connectivity index (χ0) is 19.8. The van der Waals surface area contributed by atoms with Gasteiger partial charge in [-0.3, -0.25) is 14.6 Å². The van der Waals surface area contributed by atoms with E-state index >= 15 is 0 Å². The van der Waals surface area contributed by atoms with Gasteiger partial charge in [0.2, 0.25) is 5.91 Å². The third-order valence-corrected chi connectivity index (χ3v) is 7.68. The Labute approximate surface area is 170 Å². The van der Waals surface area contributed by atoms with E-state index < -0.39 is 0 Å². The molecule has 0 bridgehead atoms. The minimum Gasteiger partial charge on any atom is -0.353 e. The summed E-state index contributed by atoms with van der Waals surface area (Å²) >= 11 is 1.87. The molecule has 1 aliphatic heterocycles. The molecule has 3 heterocycles. The Hall–Kier alpha value is -1.82. The molecule has 1 N–H and O–H groups in total. The smallest absolute Gasteiger partial charge is 0.254 e. The molecule has 1 aliphatic carbocycles. The zero-order valence-corrected chi connectivity index (χ0v) is 17.7. The number of carbonyl (C=O) groups excluding carboxylic acids is 1. The van der Waals surface area contributed by atoms with Gasteiger partial charge in [-0.15, -0.1) is 0 Å². The number of carbonyl (C=O) groups is 1. The predicted octanol–water partition coefficient (Wildman–Crippen LogP) is 3.38. The number of hydrogen-bond acceptors (Lipinski definition) is 4. The van der Waals surface area contributed by atoms with Crippen LogP contribution in [0.15, 0.2) is 23.1 Å². The van der Waals surface area contributed by atoms with Gasteiger partial charge < -0.3 is 9.88 Å². The maximum absolute atomic E-state index is 13.1. The summed E-state index contributed by atoms with van der Waals surface area (Å²) in [5.41, 5.74) is 2.78. The van der Waals surface area contributed by atoms with Gasteiger partial charge in [0, 0.05) is 47.6 Å². The van der Waals surface area contributed by atoms with E-state index in [9.17, 15) is 9.59 Å². The standard InChI is InChI=1S/C22H29N3O2S/c1-13-4-5-17(24-21(26)15-6-7-28-12-15)10-18(13)19-9-16-11-23-14(2)8-20(16)25(3)22(19)27/h8-9,11,13,15,17-18H,4-7,10,12H2,1-3H3,(H,24,26). The van der Waals surface area contributed by atoms with E-state index in [0.717, 1.165) is 59.3 Å². The van der Waals surface area contributed by atoms with Crippen LogP contribution in [0.4, 0.5) is 0 Å². The number of aromatic nitrogens is 2. The van der Waals surface area contributed by atoms with Gasteiger partial charge in [0.25, 0.3) is 5.56 Å². The molecule has 1 saturated heterocycles. The second-order valence-corrected chi connectivity index (χ2v) is 9.66. The highest BCUT2D eigenvalue weighted by Gasteiger charge is 2.33. The number of amides is 1. The average molecular weight is 400 g/mol. The van der Waals surface area contributed by atoms with Gasteiger partial charge in [-0.2, -0.15) is 11.8 Å². The first-order valence-corrected chi connectivity index (χ1v) is 11.4. The molecule has 1 amide bonds. The highest BCUT2D eigenvalue weighted by Crippen LogP contribution is 2.37. The summed E-state index contributed by atoms with van der Waals surface area (Å²) in [6.07, 6.45) is 5.71. The van der Waals surface area contributed by atoms with Crippen LogP contribution in [0.3, 0.4) is 0 Å². The van der Waals surface area contributed by atoms with Crippen molar-refractivity contribution < 1.29 is 4.79 Å². The molecule has 4 rings (SSSR count). The minimum absolute atomic E-state index is 0.0779. The number of hydrogen-bond donors (Lipinski definition) is 1. The predicted molar refractivity (Wildman–Crippen MR) is 115 cm³/mol. The average Bonchev–Trinajstić information content (AvgIpc) is 3.22. The van der Waals surface area contributed by atoms with E-state index in [0.29, 0.717) is 5.92 Å². The van der Waals surface area contributed by atoms with E-state index in [2.05, 4.69) is 17.2 Å². The van der Waals surface area contributed by atoms with Crippen LogP contribution in [0.1, 0.15) is 49.8 Å². The third-order valence-electron chi connectivity index (χ3n) is 6.51. The molecule has 2 aliphatic rings. The van der Waals surface area contributed by atoms with Crippen LogP contribution in [0.2, 0.25) is 0 Å². The molecule has 2 aromatic heterocycles. The molecule has 150 valence electrons. The Bertz CT molecular complexity index is 949. The Balaban J connectivity index is 1.60. The Morgan fingerprint density at radius 2 is 2.11 bits per heavy atom. The molecule has 28 heavy (non-hydrogen) atoms. The Morgan fingerprint density at radius 3 is 2.86 bits per heavy atom. The van der Waals surface area contributed by atoms with Crippen molar-refractivity contribution in [3.05, 3.63) is 39.9 Å². The third kappa shape index (κ3) is 3.71. The van der Waals surface area contributed by atoms with Crippen LogP contribution >= 0.6 is 11.8 Å². The molecule has 5 nitrogen and oxygen atoms in total. The normalized spacial score (nSPS) is 27.8. The van der Waals surface area contributed by atoms with Crippen molar-refractivity contribution in [2.24, 2.45) is 18.9 Å². The van der Waals surface area contributed by atoms with E-state index in [1.807, 2.05) is 44.1 Å². The first-order valence-electron chi connectivity index (χ1n) is 10.3. The number of thioether (sulfide) groups is 1. The number of nitrogens with zero attached hydrogens (tertiary/aromatic N) is 2. The van der Waals surface area contributed by atoms with Crippen molar-refractivity contribution in [2.45, 2.75) is 51.5 Å². The number of rotatable bonds is 3. The van der Waals surface area contributed by atoms with Gasteiger partial charge >= 0.3 is 0 Å².